The highest BCUT2D eigenvalue weighted by molar-refractivity contribution is 6.31. The zero-order valence-corrected chi connectivity index (χ0v) is 22.7. The van der Waals surface area contributed by atoms with Crippen LogP contribution in [0.25, 0.3) is 5.69 Å². The Hall–Kier alpha value is -3.14. The molecule has 0 saturated heterocycles. The number of aliphatic carboxylic acids is 1. The Morgan fingerprint density at radius 1 is 1.14 bits per heavy atom. The minimum Gasteiger partial charge on any atom is -0.480 e. The molecule has 0 aliphatic rings. The summed E-state index contributed by atoms with van der Waals surface area (Å²) in [5, 5.41) is 20.8. The standard InChI is InChI=1S/C25H26Cl3N5O4/c1-25(2,3)17-7-5-4-6-15(17)10-20(24(36)37)32(23(35)12-26)14-22(34)29-18-11-16(27)8-9-19(18)33-13-21(28)30-31-33/h4-9,11,13,20H,10,12,14H2,1-3H3,(H,29,34)(H,36,37). The van der Waals surface area contributed by atoms with Gasteiger partial charge in [0.05, 0.1) is 17.6 Å². The third-order valence-electron chi connectivity index (χ3n) is 5.59. The van der Waals surface area contributed by atoms with E-state index in [2.05, 4.69) is 15.6 Å². The molecule has 196 valence electrons. The lowest BCUT2D eigenvalue weighted by Gasteiger charge is -2.30. The summed E-state index contributed by atoms with van der Waals surface area (Å²) in [5.41, 5.74) is 2.13. The lowest BCUT2D eigenvalue weighted by molar-refractivity contribution is -0.150. The second-order valence-corrected chi connectivity index (χ2v) is 10.4. The average molecular weight is 567 g/mol. The maximum atomic E-state index is 13.1. The zero-order chi connectivity index (χ0) is 27.3. The molecule has 2 N–H and O–H groups in total. The summed E-state index contributed by atoms with van der Waals surface area (Å²) in [6.07, 6.45) is 1.44. The van der Waals surface area contributed by atoms with E-state index in [1.54, 1.807) is 18.2 Å². The Morgan fingerprint density at radius 3 is 2.43 bits per heavy atom. The second kappa shape index (κ2) is 11.9. The van der Waals surface area contributed by atoms with Crippen molar-refractivity contribution < 1.29 is 19.5 Å². The van der Waals surface area contributed by atoms with Crippen molar-refractivity contribution in [2.75, 3.05) is 17.7 Å². The van der Waals surface area contributed by atoms with Gasteiger partial charge in [-0.15, -0.1) is 16.7 Å². The van der Waals surface area contributed by atoms with Crippen LogP contribution in [0.3, 0.4) is 0 Å². The fourth-order valence-electron chi connectivity index (χ4n) is 3.93. The number of aromatic nitrogens is 3. The van der Waals surface area contributed by atoms with Crippen LogP contribution in [0.4, 0.5) is 5.69 Å². The summed E-state index contributed by atoms with van der Waals surface area (Å²) in [7, 11) is 0. The Bertz CT molecular complexity index is 1310. The predicted molar refractivity (Wildman–Crippen MR) is 143 cm³/mol. The first-order valence-electron chi connectivity index (χ1n) is 11.2. The highest BCUT2D eigenvalue weighted by atomic mass is 35.5. The Morgan fingerprint density at radius 2 is 1.84 bits per heavy atom. The van der Waals surface area contributed by atoms with Gasteiger partial charge < -0.3 is 15.3 Å². The van der Waals surface area contributed by atoms with Crippen molar-refractivity contribution in [1.29, 1.82) is 0 Å². The highest BCUT2D eigenvalue weighted by Crippen LogP contribution is 2.28. The molecule has 2 amide bonds. The van der Waals surface area contributed by atoms with Gasteiger partial charge in [-0.3, -0.25) is 9.59 Å². The number of anilines is 1. The predicted octanol–water partition coefficient (Wildman–Crippen LogP) is 4.57. The summed E-state index contributed by atoms with van der Waals surface area (Å²) in [5.74, 6) is -3.08. The van der Waals surface area contributed by atoms with Gasteiger partial charge in [-0.05, 0) is 34.7 Å². The van der Waals surface area contributed by atoms with Gasteiger partial charge in [-0.1, -0.05) is 73.5 Å². The van der Waals surface area contributed by atoms with Crippen molar-refractivity contribution in [2.45, 2.75) is 38.6 Å². The van der Waals surface area contributed by atoms with Gasteiger partial charge in [-0.2, -0.15) is 0 Å². The third kappa shape index (κ3) is 7.21. The van der Waals surface area contributed by atoms with Gasteiger partial charge >= 0.3 is 5.97 Å². The van der Waals surface area contributed by atoms with Crippen molar-refractivity contribution in [3.8, 4) is 5.69 Å². The van der Waals surface area contributed by atoms with Gasteiger partial charge in [0.15, 0.2) is 5.15 Å². The molecule has 0 spiro atoms. The largest absolute Gasteiger partial charge is 0.480 e. The number of halogens is 3. The summed E-state index contributed by atoms with van der Waals surface area (Å²) >= 11 is 17.8. The molecular weight excluding hydrogens is 541 g/mol. The number of alkyl halides is 1. The molecule has 0 radical (unpaired) electrons. The van der Waals surface area contributed by atoms with Crippen molar-refractivity contribution in [1.82, 2.24) is 19.9 Å². The smallest absolute Gasteiger partial charge is 0.326 e. The fraction of sp³-hybridized carbons (Fsp3) is 0.320. The SMILES string of the molecule is CC(C)(C)c1ccccc1CC(C(=O)O)N(CC(=O)Nc1cc(Cl)ccc1-n1cc(Cl)nn1)C(=O)CCl. The lowest BCUT2D eigenvalue weighted by Crippen LogP contribution is -2.50. The number of rotatable bonds is 9. The van der Waals surface area contributed by atoms with Gasteiger partial charge in [0.25, 0.3) is 0 Å². The van der Waals surface area contributed by atoms with Crippen LogP contribution >= 0.6 is 34.8 Å². The van der Waals surface area contributed by atoms with Crippen LogP contribution in [0.2, 0.25) is 10.2 Å². The Balaban J connectivity index is 1.90. The maximum absolute atomic E-state index is 13.1. The Labute approximate surface area is 229 Å². The number of carbonyl (C=O) groups excluding carboxylic acids is 2. The molecule has 1 aromatic heterocycles. The zero-order valence-electron chi connectivity index (χ0n) is 20.4. The molecule has 9 nitrogen and oxygen atoms in total. The first-order chi connectivity index (χ1) is 17.4. The number of hydrogen-bond donors (Lipinski definition) is 2. The third-order valence-corrected chi connectivity index (χ3v) is 6.23. The monoisotopic (exact) mass is 565 g/mol. The summed E-state index contributed by atoms with van der Waals surface area (Å²) in [6.45, 7) is 5.50. The van der Waals surface area contributed by atoms with Crippen LogP contribution in [0, 0.1) is 0 Å². The molecular formula is C25H26Cl3N5O4. The molecule has 2 aromatic carbocycles. The fourth-order valence-corrected chi connectivity index (χ4v) is 4.38. The van der Waals surface area contributed by atoms with E-state index in [1.165, 1.54) is 16.9 Å². The van der Waals surface area contributed by atoms with E-state index in [9.17, 15) is 19.5 Å². The van der Waals surface area contributed by atoms with Crippen LogP contribution in [-0.4, -0.2) is 61.3 Å². The number of hydrogen-bond acceptors (Lipinski definition) is 5. The normalized spacial score (nSPS) is 12.2. The first kappa shape index (κ1) is 28.4. The molecule has 1 atom stereocenters. The van der Waals surface area contributed by atoms with Crippen molar-refractivity contribution >= 4 is 58.3 Å². The molecule has 1 heterocycles. The van der Waals surface area contributed by atoms with Gasteiger partial charge in [0.2, 0.25) is 11.8 Å². The number of nitrogens with one attached hydrogen (secondary N) is 1. The van der Waals surface area contributed by atoms with E-state index >= 15 is 0 Å². The molecule has 3 aromatic rings. The Kier molecular flexibility index (Phi) is 9.17. The molecule has 0 fully saturated rings. The molecule has 0 aliphatic carbocycles. The number of amides is 2. The number of nitrogens with zero attached hydrogens (tertiary/aromatic N) is 4. The molecule has 3 rings (SSSR count). The molecule has 37 heavy (non-hydrogen) atoms. The van der Waals surface area contributed by atoms with Crippen molar-refractivity contribution in [2.24, 2.45) is 0 Å². The molecule has 0 aliphatic heterocycles. The van der Waals surface area contributed by atoms with Crippen LogP contribution < -0.4 is 5.32 Å². The van der Waals surface area contributed by atoms with E-state index in [4.69, 9.17) is 34.8 Å². The highest BCUT2D eigenvalue weighted by Gasteiger charge is 2.33. The van der Waals surface area contributed by atoms with E-state index in [-0.39, 0.29) is 22.7 Å². The van der Waals surface area contributed by atoms with Crippen molar-refractivity contribution in [3.05, 3.63) is 70.0 Å². The van der Waals surface area contributed by atoms with Crippen LogP contribution in [0.15, 0.2) is 48.7 Å². The van der Waals surface area contributed by atoms with Gasteiger partial charge in [0.1, 0.15) is 18.5 Å². The van der Waals surface area contributed by atoms with Gasteiger partial charge in [0, 0.05) is 11.4 Å². The average Bonchev–Trinajstić information content (AvgIpc) is 3.26. The van der Waals surface area contributed by atoms with Crippen LogP contribution in [0.5, 0.6) is 0 Å². The number of carboxylic acids is 1. The topological polar surface area (TPSA) is 117 Å². The number of carbonyl (C=O) groups is 3. The molecule has 12 heteroatoms. The minimum absolute atomic E-state index is 0.00143. The molecule has 1 unspecified atom stereocenters. The van der Waals surface area contributed by atoms with Gasteiger partial charge in [-0.25, -0.2) is 9.48 Å². The van der Waals surface area contributed by atoms with E-state index in [1.807, 2.05) is 39.0 Å². The second-order valence-electron chi connectivity index (χ2n) is 9.32. The molecule has 0 saturated carbocycles. The first-order valence-corrected chi connectivity index (χ1v) is 12.5. The van der Waals surface area contributed by atoms with Crippen molar-refractivity contribution in [3.63, 3.8) is 0 Å². The van der Waals surface area contributed by atoms with E-state index in [0.717, 1.165) is 16.0 Å². The summed E-state index contributed by atoms with van der Waals surface area (Å²) in [4.78, 5) is 39.2. The lowest BCUT2D eigenvalue weighted by atomic mass is 9.82. The van der Waals surface area contributed by atoms with E-state index < -0.39 is 36.3 Å². The number of benzene rings is 2. The number of carboxylic acid groups (broad SMARTS) is 1. The van der Waals surface area contributed by atoms with Crippen LogP contribution in [0.1, 0.15) is 31.9 Å². The quantitative estimate of drug-likeness (QED) is 0.366. The minimum atomic E-state index is -1.33. The van der Waals surface area contributed by atoms with Crippen LogP contribution in [-0.2, 0) is 26.2 Å². The van der Waals surface area contributed by atoms with E-state index in [0.29, 0.717) is 10.7 Å². The maximum Gasteiger partial charge on any atom is 0.326 e. The molecule has 0 bridgehead atoms. The summed E-state index contributed by atoms with van der Waals surface area (Å²) in [6, 6.07) is 10.8. The summed E-state index contributed by atoms with van der Waals surface area (Å²) < 4.78 is 1.35.